The summed E-state index contributed by atoms with van der Waals surface area (Å²) in [6.45, 7) is 2.42. The molecular weight excluding hydrogens is 290 g/mol. The number of nitrogens with one attached hydrogen (secondary N) is 2. The second-order valence-corrected chi connectivity index (χ2v) is 6.62. The lowest BCUT2D eigenvalue weighted by atomic mass is 9.97. The minimum absolute atomic E-state index is 0.149. The summed E-state index contributed by atoms with van der Waals surface area (Å²) >= 11 is 0. The molecule has 5 nitrogen and oxygen atoms in total. The van der Waals surface area contributed by atoms with Crippen molar-refractivity contribution in [2.45, 2.75) is 57.6 Å². The lowest BCUT2D eigenvalue weighted by Gasteiger charge is -2.23. The number of piperidine rings is 1. The third kappa shape index (κ3) is 4.93. The van der Waals surface area contributed by atoms with Gasteiger partial charge in [0, 0.05) is 24.7 Å². The number of aromatic nitrogens is 1. The highest BCUT2D eigenvalue weighted by molar-refractivity contribution is 5.78. The molecule has 1 aliphatic carbocycles. The lowest BCUT2D eigenvalue weighted by molar-refractivity contribution is -0.125. The molecule has 0 unspecified atom stereocenters. The first-order valence-corrected chi connectivity index (χ1v) is 8.91. The van der Waals surface area contributed by atoms with Crippen LogP contribution in [-0.4, -0.2) is 30.1 Å². The Morgan fingerprint density at radius 3 is 2.78 bits per heavy atom. The summed E-state index contributed by atoms with van der Waals surface area (Å²) < 4.78 is 5.99. The molecule has 2 N–H and O–H groups in total. The molecule has 1 aliphatic heterocycles. The van der Waals surface area contributed by atoms with E-state index in [1.54, 1.807) is 6.20 Å². The van der Waals surface area contributed by atoms with Crippen molar-refractivity contribution in [1.29, 1.82) is 0 Å². The van der Waals surface area contributed by atoms with Crippen molar-refractivity contribution < 1.29 is 9.53 Å². The molecule has 2 aliphatic rings. The van der Waals surface area contributed by atoms with Gasteiger partial charge in [0.05, 0.1) is 0 Å². The number of carbonyl (C=O) groups excluding carboxylic acids is 1. The van der Waals surface area contributed by atoms with E-state index in [0.29, 0.717) is 18.5 Å². The number of hydrogen-bond acceptors (Lipinski definition) is 4. The van der Waals surface area contributed by atoms with Gasteiger partial charge in [-0.05, 0) is 63.2 Å². The molecule has 1 aromatic heterocycles. The van der Waals surface area contributed by atoms with E-state index in [2.05, 4.69) is 15.6 Å². The highest BCUT2D eigenvalue weighted by Crippen LogP contribution is 2.22. The Morgan fingerprint density at radius 2 is 2.00 bits per heavy atom. The number of carbonyl (C=O) groups is 1. The SMILES string of the molecule is O=C(NCc1ccnc(OC2CCCCC2)c1)C1CCNCC1. The van der Waals surface area contributed by atoms with Gasteiger partial charge in [-0.3, -0.25) is 4.79 Å². The van der Waals surface area contributed by atoms with E-state index >= 15 is 0 Å². The number of amides is 1. The molecule has 5 heteroatoms. The molecule has 23 heavy (non-hydrogen) atoms. The number of hydrogen-bond donors (Lipinski definition) is 2. The fourth-order valence-electron chi connectivity index (χ4n) is 3.40. The maximum absolute atomic E-state index is 12.2. The maximum Gasteiger partial charge on any atom is 0.223 e. The lowest BCUT2D eigenvalue weighted by Crippen LogP contribution is -2.37. The van der Waals surface area contributed by atoms with Crippen LogP contribution in [0.4, 0.5) is 0 Å². The summed E-state index contributed by atoms with van der Waals surface area (Å²) in [7, 11) is 0. The average Bonchev–Trinajstić information content (AvgIpc) is 2.62. The van der Waals surface area contributed by atoms with Gasteiger partial charge in [0.2, 0.25) is 11.8 Å². The van der Waals surface area contributed by atoms with Crippen molar-refractivity contribution in [2.24, 2.45) is 5.92 Å². The molecule has 1 amide bonds. The molecule has 0 atom stereocenters. The molecular formula is C18H27N3O2. The van der Waals surface area contributed by atoms with Gasteiger partial charge in [-0.25, -0.2) is 4.98 Å². The average molecular weight is 317 g/mol. The molecule has 1 saturated carbocycles. The van der Waals surface area contributed by atoms with Crippen LogP contribution in [0, 0.1) is 5.92 Å². The van der Waals surface area contributed by atoms with Crippen molar-refractivity contribution in [3.05, 3.63) is 23.9 Å². The Bertz CT molecular complexity index is 509. The number of ether oxygens (including phenoxy) is 1. The molecule has 126 valence electrons. The molecule has 3 rings (SSSR count). The van der Waals surface area contributed by atoms with Crippen molar-refractivity contribution >= 4 is 5.91 Å². The van der Waals surface area contributed by atoms with Crippen LogP contribution in [0.15, 0.2) is 18.3 Å². The summed E-state index contributed by atoms with van der Waals surface area (Å²) in [6, 6.07) is 3.90. The van der Waals surface area contributed by atoms with Crippen LogP contribution in [0.3, 0.4) is 0 Å². The molecule has 0 aromatic carbocycles. The van der Waals surface area contributed by atoms with E-state index in [1.165, 1.54) is 19.3 Å². The first-order chi connectivity index (χ1) is 11.3. The van der Waals surface area contributed by atoms with E-state index in [1.807, 2.05) is 12.1 Å². The number of rotatable bonds is 5. The quantitative estimate of drug-likeness (QED) is 0.875. The Balaban J connectivity index is 1.49. The predicted octanol–water partition coefficient (Wildman–Crippen LogP) is 2.41. The van der Waals surface area contributed by atoms with Gasteiger partial charge in [0.1, 0.15) is 6.10 Å². The van der Waals surface area contributed by atoms with E-state index < -0.39 is 0 Å². The Labute approximate surface area is 138 Å². The number of pyridine rings is 1. The van der Waals surface area contributed by atoms with Crippen molar-refractivity contribution in [1.82, 2.24) is 15.6 Å². The minimum atomic E-state index is 0.149. The summed E-state index contributed by atoms with van der Waals surface area (Å²) in [5.41, 5.74) is 1.05. The zero-order chi connectivity index (χ0) is 15.9. The summed E-state index contributed by atoms with van der Waals surface area (Å²) in [5.74, 6) is 1.000. The maximum atomic E-state index is 12.2. The third-order valence-electron chi connectivity index (χ3n) is 4.82. The second kappa shape index (κ2) is 8.29. The third-order valence-corrected chi connectivity index (χ3v) is 4.82. The van der Waals surface area contributed by atoms with Crippen LogP contribution in [0.25, 0.3) is 0 Å². The molecule has 0 bridgehead atoms. The smallest absolute Gasteiger partial charge is 0.223 e. The highest BCUT2D eigenvalue weighted by Gasteiger charge is 2.20. The van der Waals surface area contributed by atoms with Gasteiger partial charge < -0.3 is 15.4 Å². The van der Waals surface area contributed by atoms with E-state index in [-0.39, 0.29) is 11.8 Å². The summed E-state index contributed by atoms with van der Waals surface area (Å²) in [6.07, 6.45) is 9.98. The normalized spacial score (nSPS) is 20.2. The van der Waals surface area contributed by atoms with Crippen LogP contribution in [0.2, 0.25) is 0 Å². The van der Waals surface area contributed by atoms with Crippen LogP contribution < -0.4 is 15.4 Å². The Morgan fingerprint density at radius 1 is 1.22 bits per heavy atom. The molecule has 2 heterocycles. The predicted molar refractivity (Wildman–Crippen MR) is 89.2 cm³/mol. The first kappa shape index (κ1) is 16.2. The van der Waals surface area contributed by atoms with Crippen LogP contribution in [-0.2, 0) is 11.3 Å². The molecule has 0 radical (unpaired) electrons. The Hall–Kier alpha value is -1.62. The second-order valence-electron chi connectivity index (χ2n) is 6.62. The largest absolute Gasteiger partial charge is 0.474 e. The van der Waals surface area contributed by atoms with Gasteiger partial charge in [-0.2, -0.15) is 0 Å². The fourth-order valence-corrected chi connectivity index (χ4v) is 3.40. The molecule has 0 spiro atoms. The summed E-state index contributed by atoms with van der Waals surface area (Å²) in [5, 5.41) is 6.33. The monoisotopic (exact) mass is 317 g/mol. The van der Waals surface area contributed by atoms with Gasteiger partial charge >= 0.3 is 0 Å². The standard InChI is InChI=1S/C18H27N3O2/c22-18(15-7-9-19-10-8-15)21-13-14-6-11-20-17(12-14)23-16-4-2-1-3-5-16/h6,11-12,15-16,19H,1-5,7-10,13H2,(H,21,22). The van der Waals surface area contributed by atoms with Crippen molar-refractivity contribution in [3.8, 4) is 5.88 Å². The number of nitrogens with zero attached hydrogens (tertiary/aromatic N) is 1. The molecule has 1 aromatic rings. The van der Waals surface area contributed by atoms with Crippen LogP contribution in [0.5, 0.6) is 5.88 Å². The van der Waals surface area contributed by atoms with Crippen LogP contribution in [0.1, 0.15) is 50.5 Å². The minimum Gasteiger partial charge on any atom is -0.474 e. The Kier molecular flexibility index (Phi) is 5.86. The molecule has 2 fully saturated rings. The highest BCUT2D eigenvalue weighted by atomic mass is 16.5. The zero-order valence-corrected chi connectivity index (χ0v) is 13.7. The van der Waals surface area contributed by atoms with Crippen molar-refractivity contribution in [3.63, 3.8) is 0 Å². The first-order valence-electron chi connectivity index (χ1n) is 8.91. The summed E-state index contributed by atoms with van der Waals surface area (Å²) in [4.78, 5) is 16.5. The molecule has 1 saturated heterocycles. The van der Waals surface area contributed by atoms with Crippen molar-refractivity contribution in [2.75, 3.05) is 13.1 Å². The van der Waals surface area contributed by atoms with E-state index in [0.717, 1.165) is 44.3 Å². The van der Waals surface area contributed by atoms with Crippen LogP contribution >= 0.6 is 0 Å². The van der Waals surface area contributed by atoms with Gasteiger partial charge in [0.15, 0.2) is 0 Å². The fraction of sp³-hybridized carbons (Fsp3) is 0.667. The van der Waals surface area contributed by atoms with E-state index in [9.17, 15) is 4.79 Å². The van der Waals surface area contributed by atoms with Gasteiger partial charge in [-0.15, -0.1) is 0 Å². The van der Waals surface area contributed by atoms with Gasteiger partial charge in [-0.1, -0.05) is 6.42 Å². The van der Waals surface area contributed by atoms with E-state index in [4.69, 9.17) is 4.74 Å². The topological polar surface area (TPSA) is 63.2 Å². The zero-order valence-electron chi connectivity index (χ0n) is 13.7. The van der Waals surface area contributed by atoms with Gasteiger partial charge in [0.25, 0.3) is 0 Å².